The number of ether oxygens (including phenoxy) is 1. The molecule has 1 heterocycles. The van der Waals surface area contributed by atoms with E-state index in [2.05, 4.69) is 55.6 Å². The molecule has 1 N–H and O–H groups in total. The first-order valence-corrected chi connectivity index (χ1v) is 8.38. The van der Waals surface area contributed by atoms with Crippen molar-refractivity contribution in [1.29, 1.82) is 0 Å². The zero-order chi connectivity index (χ0) is 14.7. The molecule has 0 radical (unpaired) electrons. The predicted octanol–water partition coefficient (Wildman–Crippen LogP) is 4.20. The summed E-state index contributed by atoms with van der Waals surface area (Å²) in [6, 6.07) is 17.6. The van der Waals surface area contributed by atoms with Crippen LogP contribution in [0.5, 0.6) is 5.75 Å². The van der Waals surface area contributed by atoms with Crippen molar-refractivity contribution >= 4 is 11.8 Å². The van der Waals surface area contributed by atoms with Crippen LogP contribution in [0, 0.1) is 6.92 Å². The molecule has 2 aromatic carbocycles. The lowest BCUT2D eigenvalue weighted by Gasteiger charge is -2.20. The standard InChI is InChI=1S/C18H21NOS/c1-13-7-9-15(10-8-13)20-11-14(2)19-17-12-21-18-6-4-3-5-16(17)18/h3-10,14,17,19H,11-12H2,1-2H3. The number of benzene rings is 2. The molecule has 2 nitrogen and oxygen atoms in total. The summed E-state index contributed by atoms with van der Waals surface area (Å²) in [5.74, 6) is 2.05. The molecule has 0 aliphatic carbocycles. The molecule has 2 aromatic rings. The van der Waals surface area contributed by atoms with E-state index in [0.29, 0.717) is 18.7 Å². The second-order valence-corrected chi connectivity index (χ2v) is 6.66. The number of aryl methyl sites for hydroxylation is 1. The van der Waals surface area contributed by atoms with Crippen molar-refractivity contribution in [3.8, 4) is 5.75 Å². The summed E-state index contributed by atoms with van der Waals surface area (Å²) < 4.78 is 5.85. The molecule has 1 aliphatic heterocycles. The van der Waals surface area contributed by atoms with Crippen LogP contribution in [-0.2, 0) is 0 Å². The number of rotatable bonds is 5. The molecule has 0 saturated carbocycles. The van der Waals surface area contributed by atoms with Crippen LogP contribution in [0.15, 0.2) is 53.4 Å². The van der Waals surface area contributed by atoms with Gasteiger partial charge in [-0.05, 0) is 37.6 Å². The van der Waals surface area contributed by atoms with Gasteiger partial charge in [-0.15, -0.1) is 11.8 Å². The first kappa shape index (κ1) is 14.5. The van der Waals surface area contributed by atoms with Gasteiger partial charge in [-0.1, -0.05) is 35.9 Å². The number of fused-ring (bicyclic) bond motifs is 1. The van der Waals surface area contributed by atoms with Gasteiger partial charge >= 0.3 is 0 Å². The Balaban J connectivity index is 1.53. The molecule has 0 amide bonds. The maximum Gasteiger partial charge on any atom is 0.119 e. The molecule has 21 heavy (non-hydrogen) atoms. The Morgan fingerprint density at radius 2 is 1.95 bits per heavy atom. The lowest BCUT2D eigenvalue weighted by Crippen LogP contribution is -2.35. The normalized spacial score (nSPS) is 18.3. The van der Waals surface area contributed by atoms with Crippen LogP contribution in [-0.4, -0.2) is 18.4 Å². The van der Waals surface area contributed by atoms with Crippen LogP contribution in [0.25, 0.3) is 0 Å². The minimum Gasteiger partial charge on any atom is -0.492 e. The number of hydrogen-bond acceptors (Lipinski definition) is 3. The highest BCUT2D eigenvalue weighted by molar-refractivity contribution is 7.99. The van der Waals surface area contributed by atoms with E-state index in [-0.39, 0.29) is 0 Å². The zero-order valence-electron chi connectivity index (χ0n) is 12.5. The molecular weight excluding hydrogens is 278 g/mol. The first-order chi connectivity index (χ1) is 10.2. The molecule has 3 rings (SSSR count). The highest BCUT2D eigenvalue weighted by atomic mass is 32.2. The van der Waals surface area contributed by atoms with Gasteiger partial charge in [0.2, 0.25) is 0 Å². The zero-order valence-corrected chi connectivity index (χ0v) is 13.3. The maximum atomic E-state index is 5.85. The van der Waals surface area contributed by atoms with Crippen molar-refractivity contribution < 1.29 is 4.74 Å². The van der Waals surface area contributed by atoms with Crippen LogP contribution in [0.1, 0.15) is 24.1 Å². The molecule has 0 bridgehead atoms. The summed E-state index contributed by atoms with van der Waals surface area (Å²) in [7, 11) is 0. The van der Waals surface area contributed by atoms with Crippen molar-refractivity contribution in [2.24, 2.45) is 0 Å². The van der Waals surface area contributed by atoms with Gasteiger partial charge in [0.15, 0.2) is 0 Å². The summed E-state index contributed by atoms with van der Waals surface area (Å²) >= 11 is 1.93. The fraction of sp³-hybridized carbons (Fsp3) is 0.333. The molecule has 2 atom stereocenters. The summed E-state index contributed by atoms with van der Waals surface area (Å²) in [5, 5.41) is 3.67. The van der Waals surface area contributed by atoms with Gasteiger partial charge in [0.05, 0.1) is 0 Å². The van der Waals surface area contributed by atoms with E-state index in [9.17, 15) is 0 Å². The largest absolute Gasteiger partial charge is 0.492 e. The van der Waals surface area contributed by atoms with Gasteiger partial charge in [-0.2, -0.15) is 0 Å². The van der Waals surface area contributed by atoms with Gasteiger partial charge in [0, 0.05) is 22.7 Å². The van der Waals surface area contributed by atoms with Crippen LogP contribution < -0.4 is 10.1 Å². The Kier molecular flexibility index (Phi) is 4.51. The molecule has 0 fully saturated rings. The SMILES string of the molecule is Cc1ccc(OCC(C)NC2CSc3ccccc32)cc1. The predicted molar refractivity (Wildman–Crippen MR) is 89.2 cm³/mol. The third-order valence-corrected chi connectivity index (χ3v) is 4.89. The Labute approximate surface area is 130 Å². The molecule has 3 heteroatoms. The summed E-state index contributed by atoms with van der Waals surface area (Å²) in [6.45, 7) is 4.95. The van der Waals surface area contributed by atoms with E-state index in [1.165, 1.54) is 16.0 Å². The van der Waals surface area contributed by atoms with E-state index in [4.69, 9.17) is 4.74 Å². The highest BCUT2D eigenvalue weighted by Gasteiger charge is 2.23. The second-order valence-electron chi connectivity index (χ2n) is 5.59. The first-order valence-electron chi connectivity index (χ1n) is 7.39. The maximum absolute atomic E-state index is 5.85. The molecule has 0 saturated heterocycles. The van der Waals surface area contributed by atoms with E-state index in [1.807, 2.05) is 23.9 Å². The number of nitrogens with one attached hydrogen (secondary N) is 1. The van der Waals surface area contributed by atoms with E-state index < -0.39 is 0 Å². The van der Waals surface area contributed by atoms with Gasteiger partial charge in [0.25, 0.3) is 0 Å². The topological polar surface area (TPSA) is 21.3 Å². The molecule has 0 spiro atoms. The van der Waals surface area contributed by atoms with Gasteiger partial charge < -0.3 is 10.1 Å². The fourth-order valence-electron chi connectivity index (χ4n) is 2.55. The quantitative estimate of drug-likeness (QED) is 0.894. The van der Waals surface area contributed by atoms with Crippen molar-refractivity contribution in [2.75, 3.05) is 12.4 Å². The highest BCUT2D eigenvalue weighted by Crippen LogP contribution is 2.37. The summed E-state index contributed by atoms with van der Waals surface area (Å²) in [6.07, 6.45) is 0. The Bertz CT molecular complexity index is 596. The van der Waals surface area contributed by atoms with Crippen LogP contribution in [0.4, 0.5) is 0 Å². The second kappa shape index (κ2) is 6.54. The smallest absolute Gasteiger partial charge is 0.119 e. The monoisotopic (exact) mass is 299 g/mol. The molecule has 0 aromatic heterocycles. The van der Waals surface area contributed by atoms with Crippen molar-refractivity contribution in [3.05, 3.63) is 59.7 Å². The third-order valence-electron chi connectivity index (χ3n) is 3.71. The lowest BCUT2D eigenvalue weighted by molar-refractivity contribution is 0.264. The molecule has 110 valence electrons. The number of thioether (sulfide) groups is 1. The fourth-order valence-corrected chi connectivity index (χ4v) is 3.72. The van der Waals surface area contributed by atoms with Gasteiger partial charge in [0.1, 0.15) is 12.4 Å². The van der Waals surface area contributed by atoms with E-state index in [1.54, 1.807) is 0 Å². The van der Waals surface area contributed by atoms with Crippen molar-refractivity contribution in [1.82, 2.24) is 5.32 Å². The van der Waals surface area contributed by atoms with E-state index in [0.717, 1.165) is 11.5 Å². The third kappa shape index (κ3) is 3.60. The van der Waals surface area contributed by atoms with Gasteiger partial charge in [-0.3, -0.25) is 0 Å². The van der Waals surface area contributed by atoms with Crippen LogP contribution >= 0.6 is 11.8 Å². The number of hydrogen-bond donors (Lipinski definition) is 1. The summed E-state index contributed by atoms with van der Waals surface area (Å²) in [5.41, 5.74) is 2.68. The minimum atomic E-state index is 0.322. The minimum absolute atomic E-state index is 0.322. The molecule has 2 unspecified atom stereocenters. The van der Waals surface area contributed by atoms with Crippen molar-refractivity contribution in [3.63, 3.8) is 0 Å². The summed E-state index contributed by atoms with van der Waals surface area (Å²) in [4.78, 5) is 1.40. The molecular formula is C18H21NOS. The van der Waals surface area contributed by atoms with Gasteiger partial charge in [-0.25, -0.2) is 0 Å². The Morgan fingerprint density at radius 1 is 1.19 bits per heavy atom. The lowest BCUT2D eigenvalue weighted by atomic mass is 10.1. The average molecular weight is 299 g/mol. The Hall–Kier alpha value is -1.45. The van der Waals surface area contributed by atoms with Crippen molar-refractivity contribution in [2.45, 2.75) is 30.8 Å². The Morgan fingerprint density at radius 3 is 2.76 bits per heavy atom. The van der Waals surface area contributed by atoms with E-state index >= 15 is 0 Å². The molecule has 1 aliphatic rings. The average Bonchev–Trinajstić information content (AvgIpc) is 2.90. The van der Waals surface area contributed by atoms with Crippen LogP contribution in [0.2, 0.25) is 0 Å². The van der Waals surface area contributed by atoms with Crippen LogP contribution in [0.3, 0.4) is 0 Å².